The molecule has 0 aromatic carbocycles. The van der Waals surface area contributed by atoms with Gasteiger partial charge in [0.25, 0.3) is 0 Å². The summed E-state index contributed by atoms with van der Waals surface area (Å²) in [5.74, 6) is -4.94. The Bertz CT molecular complexity index is 542. The number of allylic oxidation sites excluding steroid dienone is 1. The van der Waals surface area contributed by atoms with Crippen molar-refractivity contribution in [3.8, 4) is 0 Å². The Morgan fingerprint density at radius 2 is 1.75 bits per heavy atom. The van der Waals surface area contributed by atoms with Gasteiger partial charge in [-0.15, -0.1) is 0 Å². The number of carbonyl (C=O) groups is 4. The van der Waals surface area contributed by atoms with Crippen molar-refractivity contribution in [2.45, 2.75) is 25.9 Å². The molecule has 1 atom stereocenters. The van der Waals surface area contributed by atoms with Crippen molar-refractivity contribution < 1.29 is 38.9 Å². The maximum atomic E-state index is 11.3. The molecule has 0 heterocycles. The van der Waals surface area contributed by atoms with Crippen LogP contribution in [0.2, 0.25) is 0 Å². The first-order valence-electron chi connectivity index (χ1n) is 5.44. The average Bonchev–Trinajstić information content (AvgIpc) is 2.26. The molecule has 8 nitrogen and oxygen atoms in total. The molecular weight excluding hydrogens is 272 g/mol. The molecule has 0 bridgehead atoms. The summed E-state index contributed by atoms with van der Waals surface area (Å²) in [6, 6.07) is 0. The van der Waals surface area contributed by atoms with Gasteiger partial charge in [0.15, 0.2) is 0 Å². The van der Waals surface area contributed by atoms with Crippen molar-refractivity contribution in [2.75, 3.05) is 0 Å². The number of ether oxygens (including phenoxy) is 2. The molecule has 0 aromatic rings. The lowest BCUT2D eigenvalue weighted by molar-refractivity contribution is -0.172. The second kappa shape index (κ2) is 5.55. The second-order valence-corrected chi connectivity index (χ2v) is 4.08. The summed E-state index contributed by atoms with van der Waals surface area (Å²) in [5.41, 5.74) is -2.56. The lowest BCUT2D eigenvalue weighted by atomic mass is 9.88. The summed E-state index contributed by atoms with van der Waals surface area (Å²) in [5, 5.41) is 18.2. The van der Waals surface area contributed by atoms with Crippen LogP contribution in [0, 0.1) is 0 Å². The van der Waals surface area contributed by atoms with Crippen LogP contribution in [0.1, 0.15) is 20.3 Å². The van der Waals surface area contributed by atoms with Crippen LogP contribution in [0.5, 0.6) is 0 Å². The van der Waals surface area contributed by atoms with E-state index in [1.165, 1.54) is 0 Å². The summed E-state index contributed by atoms with van der Waals surface area (Å²) < 4.78 is 9.41. The van der Waals surface area contributed by atoms with Crippen LogP contribution in [0.15, 0.2) is 23.5 Å². The fourth-order valence-electron chi connectivity index (χ4n) is 1.69. The molecule has 1 aliphatic carbocycles. The first-order valence-corrected chi connectivity index (χ1v) is 5.44. The minimum atomic E-state index is -2.21. The number of carboxylic acid groups (broad SMARTS) is 2. The number of hydrogen-bond donors (Lipinski definition) is 2. The number of esters is 2. The van der Waals surface area contributed by atoms with Gasteiger partial charge < -0.3 is 19.7 Å². The number of aliphatic carboxylic acids is 2. The van der Waals surface area contributed by atoms with E-state index in [1.54, 1.807) is 0 Å². The van der Waals surface area contributed by atoms with Gasteiger partial charge in [0.1, 0.15) is 5.76 Å². The largest absolute Gasteiger partial charge is 0.478 e. The number of carboxylic acids is 2. The smallest absolute Gasteiger partial charge is 0.352 e. The van der Waals surface area contributed by atoms with Gasteiger partial charge in [-0.1, -0.05) is 0 Å². The number of hydrogen-bond acceptors (Lipinski definition) is 6. The molecule has 2 N–H and O–H groups in total. The summed E-state index contributed by atoms with van der Waals surface area (Å²) >= 11 is 0. The van der Waals surface area contributed by atoms with Crippen molar-refractivity contribution in [3.05, 3.63) is 23.5 Å². The van der Waals surface area contributed by atoms with Crippen LogP contribution in [-0.2, 0) is 28.7 Å². The van der Waals surface area contributed by atoms with Gasteiger partial charge in [-0.3, -0.25) is 9.59 Å². The fraction of sp³-hybridized carbons (Fsp3) is 0.333. The molecule has 0 aliphatic heterocycles. The Morgan fingerprint density at radius 1 is 1.15 bits per heavy atom. The van der Waals surface area contributed by atoms with Crippen LogP contribution in [0.3, 0.4) is 0 Å². The molecule has 0 saturated carbocycles. The maximum absolute atomic E-state index is 11.3. The van der Waals surface area contributed by atoms with Gasteiger partial charge in [0.2, 0.25) is 5.60 Å². The lowest BCUT2D eigenvalue weighted by Crippen LogP contribution is -2.44. The molecular formula is C12H12O8. The Morgan fingerprint density at radius 3 is 2.15 bits per heavy atom. The average molecular weight is 284 g/mol. The SMILES string of the molecule is CC(=O)OC1=CC(OC(C)=O)(C(=O)O)CC(C(=O)O)=C1. The highest BCUT2D eigenvalue weighted by molar-refractivity contribution is 5.92. The lowest BCUT2D eigenvalue weighted by Gasteiger charge is -2.29. The van der Waals surface area contributed by atoms with Gasteiger partial charge >= 0.3 is 23.9 Å². The third-order valence-electron chi connectivity index (χ3n) is 2.37. The molecule has 0 aromatic heterocycles. The normalized spacial score (nSPS) is 21.3. The molecule has 0 fully saturated rings. The van der Waals surface area contributed by atoms with E-state index in [0.717, 1.165) is 26.0 Å². The van der Waals surface area contributed by atoms with Gasteiger partial charge in [-0.2, -0.15) is 0 Å². The van der Waals surface area contributed by atoms with Crippen LogP contribution < -0.4 is 0 Å². The minimum Gasteiger partial charge on any atom is -0.478 e. The van der Waals surface area contributed by atoms with E-state index in [-0.39, 0.29) is 11.3 Å². The summed E-state index contributed by atoms with van der Waals surface area (Å²) in [7, 11) is 0. The quantitative estimate of drug-likeness (QED) is 0.702. The van der Waals surface area contributed by atoms with Gasteiger partial charge in [0, 0.05) is 31.9 Å². The molecule has 0 radical (unpaired) electrons. The van der Waals surface area contributed by atoms with E-state index in [1.807, 2.05) is 0 Å². The van der Waals surface area contributed by atoms with E-state index in [9.17, 15) is 24.3 Å². The van der Waals surface area contributed by atoms with Gasteiger partial charge in [0.05, 0.1) is 0 Å². The van der Waals surface area contributed by atoms with Crippen molar-refractivity contribution in [1.29, 1.82) is 0 Å². The van der Waals surface area contributed by atoms with E-state index in [2.05, 4.69) is 4.74 Å². The Balaban J connectivity index is 3.31. The van der Waals surface area contributed by atoms with Crippen LogP contribution in [-0.4, -0.2) is 39.7 Å². The Hall–Kier alpha value is -2.64. The van der Waals surface area contributed by atoms with Gasteiger partial charge in [-0.25, -0.2) is 9.59 Å². The second-order valence-electron chi connectivity index (χ2n) is 4.08. The molecule has 0 saturated heterocycles. The number of carbonyl (C=O) groups excluding carboxylic acids is 2. The third-order valence-corrected chi connectivity index (χ3v) is 2.37. The summed E-state index contributed by atoms with van der Waals surface area (Å²) in [6.07, 6.45) is 1.33. The van der Waals surface area contributed by atoms with Crippen LogP contribution in [0.25, 0.3) is 0 Å². The third kappa shape index (κ3) is 3.44. The first kappa shape index (κ1) is 15.4. The molecule has 1 unspecified atom stereocenters. The Kier molecular flexibility index (Phi) is 4.28. The summed E-state index contributed by atoms with van der Waals surface area (Å²) in [4.78, 5) is 44.3. The zero-order chi connectivity index (χ0) is 15.5. The minimum absolute atomic E-state index is 0.301. The zero-order valence-electron chi connectivity index (χ0n) is 10.7. The molecule has 20 heavy (non-hydrogen) atoms. The first-order chi connectivity index (χ1) is 9.16. The molecule has 1 rings (SSSR count). The number of rotatable bonds is 4. The standard InChI is InChI=1S/C12H12O8/c1-6(13)19-9-3-8(10(15)16)4-12(5-9,11(17)18)20-7(2)14/h3,5H,4H2,1-2H3,(H,15,16)(H,17,18). The predicted octanol–water partition coefficient (Wildman–Crippen LogP) is 0.235. The van der Waals surface area contributed by atoms with E-state index in [0.29, 0.717) is 0 Å². The van der Waals surface area contributed by atoms with Crippen molar-refractivity contribution >= 4 is 23.9 Å². The van der Waals surface area contributed by atoms with Crippen molar-refractivity contribution in [2.24, 2.45) is 0 Å². The highest BCUT2D eigenvalue weighted by Gasteiger charge is 2.45. The monoisotopic (exact) mass is 284 g/mol. The molecule has 8 heteroatoms. The van der Waals surface area contributed by atoms with Crippen LogP contribution >= 0.6 is 0 Å². The fourth-order valence-corrected chi connectivity index (χ4v) is 1.69. The van der Waals surface area contributed by atoms with Gasteiger partial charge in [-0.05, 0) is 6.08 Å². The van der Waals surface area contributed by atoms with Crippen molar-refractivity contribution in [3.63, 3.8) is 0 Å². The summed E-state index contributed by atoms with van der Waals surface area (Å²) in [6.45, 7) is 2.06. The predicted molar refractivity (Wildman–Crippen MR) is 62.3 cm³/mol. The van der Waals surface area contributed by atoms with Crippen molar-refractivity contribution in [1.82, 2.24) is 0 Å². The molecule has 1 aliphatic rings. The van der Waals surface area contributed by atoms with E-state index < -0.39 is 35.9 Å². The zero-order valence-corrected chi connectivity index (χ0v) is 10.7. The van der Waals surface area contributed by atoms with Crippen LogP contribution in [0.4, 0.5) is 0 Å². The van der Waals surface area contributed by atoms with E-state index in [4.69, 9.17) is 9.84 Å². The highest BCUT2D eigenvalue weighted by atomic mass is 16.6. The van der Waals surface area contributed by atoms with E-state index >= 15 is 0 Å². The molecule has 108 valence electrons. The topological polar surface area (TPSA) is 127 Å². The molecule has 0 spiro atoms. The highest BCUT2D eigenvalue weighted by Crippen LogP contribution is 2.31. The molecule has 0 amide bonds. The maximum Gasteiger partial charge on any atom is 0.352 e. The Labute approximate surface area is 113 Å².